The Balaban J connectivity index is 2.40. The van der Waals surface area contributed by atoms with Crippen molar-refractivity contribution < 1.29 is 22.1 Å². The van der Waals surface area contributed by atoms with Gasteiger partial charge >= 0.3 is 8.56 Å². The molecule has 0 spiro atoms. The van der Waals surface area contributed by atoms with Crippen LogP contribution >= 0.6 is 0 Å². The van der Waals surface area contributed by atoms with Crippen LogP contribution in [0.15, 0.2) is 0 Å². The molecule has 0 radical (unpaired) electrons. The van der Waals surface area contributed by atoms with Crippen LogP contribution in [-0.4, -0.2) is 60.8 Å². The van der Waals surface area contributed by atoms with Gasteiger partial charge in [0.1, 0.15) is 0 Å². The van der Waals surface area contributed by atoms with Gasteiger partial charge < -0.3 is 13.8 Å². The first-order valence-corrected chi connectivity index (χ1v) is 10.8. The van der Waals surface area contributed by atoms with Crippen molar-refractivity contribution in [2.75, 3.05) is 33.1 Å². The third-order valence-corrected chi connectivity index (χ3v) is 7.61. The summed E-state index contributed by atoms with van der Waals surface area (Å²) in [5, 5.41) is 5.01. The molecular weight excluding hydrogens is 300 g/mol. The van der Waals surface area contributed by atoms with E-state index in [0.717, 1.165) is 12.5 Å². The number of hydrogen-bond acceptors (Lipinski definition) is 5. The van der Waals surface area contributed by atoms with E-state index in [1.54, 1.807) is 19.1 Å². The zero-order valence-corrected chi connectivity index (χ0v) is 14.1. The Hall–Kier alpha value is -0.483. The summed E-state index contributed by atoms with van der Waals surface area (Å²) in [7, 11) is -2.34. The van der Waals surface area contributed by atoms with E-state index in [1.807, 2.05) is 6.55 Å². The first-order valence-electron chi connectivity index (χ1n) is 6.57. The monoisotopic (exact) mass is 324 g/mol. The van der Waals surface area contributed by atoms with Crippen molar-refractivity contribution in [1.29, 1.82) is 0 Å². The maximum absolute atomic E-state index is 11.8. The minimum Gasteiger partial charge on any atom is -0.398 e. The predicted octanol–water partition coefficient (Wildman–Crippen LogP) is -0.122. The lowest BCUT2D eigenvalue weighted by molar-refractivity contribution is -0.127. The molecule has 1 atom stereocenters. The summed E-state index contributed by atoms with van der Waals surface area (Å²) in [6.07, 6.45) is 1.05. The second kappa shape index (κ2) is 6.99. The van der Waals surface area contributed by atoms with Gasteiger partial charge in [0.15, 0.2) is 0 Å². The number of nitrogens with two attached hydrogens (primary N) is 1. The number of rotatable bonds is 8. The van der Waals surface area contributed by atoms with Crippen molar-refractivity contribution in [1.82, 2.24) is 4.90 Å². The molecule has 0 aromatic rings. The predicted molar refractivity (Wildman–Crippen MR) is 77.7 cm³/mol. The number of carbonyl (C=O) groups excluding carboxylic acids is 1. The van der Waals surface area contributed by atoms with Crippen LogP contribution in [0.25, 0.3) is 0 Å². The maximum atomic E-state index is 11.8. The highest BCUT2D eigenvalue weighted by Gasteiger charge is 2.33. The van der Waals surface area contributed by atoms with Crippen molar-refractivity contribution in [3.8, 4) is 0 Å². The van der Waals surface area contributed by atoms with Gasteiger partial charge in [-0.1, -0.05) is 0 Å². The molecule has 1 amide bonds. The standard InChI is InChI=1S/C11H24N2O5SSi/c1-17-20(3,18-2)6-4-5-13-8-10(7-11(13)14)9-19(12,15)16/h10H,4-9H2,1-3H3,(H2,12,15,16). The summed E-state index contributed by atoms with van der Waals surface area (Å²) in [4.78, 5) is 13.5. The van der Waals surface area contributed by atoms with Crippen LogP contribution in [0.3, 0.4) is 0 Å². The topological polar surface area (TPSA) is 98.9 Å². The average molecular weight is 324 g/mol. The van der Waals surface area contributed by atoms with Crippen LogP contribution in [-0.2, 0) is 23.7 Å². The van der Waals surface area contributed by atoms with Crippen molar-refractivity contribution in [2.45, 2.75) is 25.4 Å². The molecule has 0 aromatic carbocycles. The molecule has 2 N–H and O–H groups in total. The van der Waals surface area contributed by atoms with Crippen molar-refractivity contribution in [3.05, 3.63) is 0 Å². The molecule has 0 aliphatic carbocycles. The summed E-state index contributed by atoms with van der Waals surface area (Å²) in [5.74, 6) is -0.319. The molecular formula is C11H24N2O5SSi. The van der Waals surface area contributed by atoms with Gasteiger partial charge in [-0.15, -0.1) is 0 Å². The Bertz CT molecular complexity index is 438. The largest absolute Gasteiger partial charge is 0.398 e. The smallest absolute Gasteiger partial charge is 0.334 e. The number of primary sulfonamides is 1. The lowest BCUT2D eigenvalue weighted by Gasteiger charge is -2.24. The van der Waals surface area contributed by atoms with Crippen LogP contribution in [0.4, 0.5) is 0 Å². The molecule has 1 fully saturated rings. The highest BCUT2D eigenvalue weighted by Crippen LogP contribution is 2.21. The number of amides is 1. The van der Waals surface area contributed by atoms with Crippen molar-refractivity contribution in [3.63, 3.8) is 0 Å². The Morgan fingerprint density at radius 2 is 2.00 bits per heavy atom. The van der Waals surface area contributed by atoms with Gasteiger partial charge in [0.2, 0.25) is 15.9 Å². The van der Waals surface area contributed by atoms with Crippen molar-refractivity contribution in [2.24, 2.45) is 11.1 Å². The third kappa shape index (κ3) is 5.48. The van der Waals surface area contributed by atoms with Gasteiger partial charge in [0, 0.05) is 39.6 Å². The van der Waals surface area contributed by atoms with Crippen LogP contribution in [0.5, 0.6) is 0 Å². The Morgan fingerprint density at radius 1 is 1.40 bits per heavy atom. The van der Waals surface area contributed by atoms with Gasteiger partial charge in [-0.2, -0.15) is 0 Å². The molecule has 9 heteroatoms. The van der Waals surface area contributed by atoms with E-state index >= 15 is 0 Å². The highest BCUT2D eigenvalue weighted by atomic mass is 32.2. The van der Waals surface area contributed by atoms with E-state index in [4.69, 9.17) is 14.0 Å². The second-order valence-corrected chi connectivity index (χ2v) is 10.6. The molecule has 0 saturated carbocycles. The van der Waals surface area contributed by atoms with Crippen LogP contribution in [0, 0.1) is 5.92 Å². The van der Waals surface area contributed by atoms with E-state index < -0.39 is 18.6 Å². The fraction of sp³-hybridized carbons (Fsp3) is 0.909. The zero-order valence-electron chi connectivity index (χ0n) is 12.3. The summed E-state index contributed by atoms with van der Waals surface area (Å²) in [6.45, 7) is 3.05. The SMILES string of the molecule is CO[Si](C)(CCCN1CC(CS(N)(=O)=O)CC1=O)OC. The van der Waals surface area contributed by atoms with Gasteiger partial charge in [0.05, 0.1) is 5.75 Å². The molecule has 7 nitrogen and oxygen atoms in total. The Kier molecular flexibility index (Phi) is 6.14. The first kappa shape index (κ1) is 17.6. The Morgan fingerprint density at radius 3 is 2.50 bits per heavy atom. The minimum absolute atomic E-state index is 0.00291. The molecule has 0 aromatic heterocycles. The lowest BCUT2D eigenvalue weighted by Crippen LogP contribution is -2.37. The third-order valence-electron chi connectivity index (χ3n) is 3.69. The van der Waals surface area contributed by atoms with E-state index in [0.29, 0.717) is 13.1 Å². The number of sulfonamides is 1. The second-order valence-electron chi connectivity index (χ2n) is 5.39. The van der Waals surface area contributed by atoms with Gasteiger partial charge in [-0.3, -0.25) is 4.79 Å². The van der Waals surface area contributed by atoms with Gasteiger partial charge in [-0.25, -0.2) is 13.6 Å². The summed E-state index contributed by atoms with van der Waals surface area (Å²) >= 11 is 0. The summed E-state index contributed by atoms with van der Waals surface area (Å²) < 4.78 is 32.9. The van der Waals surface area contributed by atoms with Crippen LogP contribution in [0.1, 0.15) is 12.8 Å². The zero-order chi connectivity index (χ0) is 15.4. The molecule has 1 unspecified atom stereocenters. The van der Waals surface area contributed by atoms with Crippen LogP contribution < -0.4 is 5.14 Å². The van der Waals surface area contributed by atoms with Crippen LogP contribution in [0.2, 0.25) is 12.6 Å². The molecule has 0 bridgehead atoms. The van der Waals surface area contributed by atoms with E-state index in [9.17, 15) is 13.2 Å². The molecule has 20 heavy (non-hydrogen) atoms. The molecule has 118 valence electrons. The number of carbonyl (C=O) groups is 1. The quantitative estimate of drug-likeness (QED) is 0.628. The molecule has 1 aliphatic heterocycles. The summed E-state index contributed by atoms with van der Waals surface area (Å²) in [6, 6.07) is 0.795. The Labute approximate surface area is 121 Å². The first-order chi connectivity index (χ1) is 9.19. The minimum atomic E-state index is -3.52. The fourth-order valence-corrected chi connectivity index (χ4v) is 4.64. The fourth-order valence-electron chi connectivity index (χ4n) is 2.39. The highest BCUT2D eigenvalue weighted by molar-refractivity contribution is 7.89. The van der Waals surface area contributed by atoms with Gasteiger partial charge in [-0.05, 0) is 19.0 Å². The van der Waals surface area contributed by atoms with E-state index in [-0.39, 0.29) is 24.0 Å². The molecule has 1 aliphatic rings. The lowest BCUT2D eigenvalue weighted by atomic mass is 10.1. The van der Waals surface area contributed by atoms with Crippen molar-refractivity contribution >= 4 is 24.5 Å². The maximum Gasteiger partial charge on any atom is 0.334 e. The summed E-state index contributed by atoms with van der Waals surface area (Å²) in [5.41, 5.74) is 0. The normalized spacial score (nSPS) is 20.7. The van der Waals surface area contributed by atoms with E-state index in [1.165, 1.54) is 0 Å². The number of likely N-dealkylation sites (tertiary alicyclic amines) is 1. The average Bonchev–Trinajstić information content (AvgIpc) is 2.67. The molecule has 1 rings (SSSR count). The van der Waals surface area contributed by atoms with Gasteiger partial charge in [0.25, 0.3) is 0 Å². The number of hydrogen-bond donors (Lipinski definition) is 1. The van der Waals surface area contributed by atoms with E-state index in [2.05, 4.69) is 0 Å². The number of nitrogens with zero attached hydrogens (tertiary/aromatic N) is 1. The molecule has 1 saturated heterocycles. The molecule has 1 heterocycles.